The van der Waals surface area contributed by atoms with Gasteiger partial charge in [-0.25, -0.2) is 15.0 Å². The van der Waals surface area contributed by atoms with Gasteiger partial charge >= 0.3 is 14.1 Å². The minimum absolute atomic E-state index is 0.0771. The first-order chi connectivity index (χ1) is 29.4. The Balaban J connectivity index is 0.000000190. The predicted octanol–water partition coefficient (Wildman–Crippen LogP) is 3.19. The van der Waals surface area contributed by atoms with Gasteiger partial charge in [0.25, 0.3) is 5.91 Å². The van der Waals surface area contributed by atoms with Crippen LogP contribution in [0.25, 0.3) is 0 Å². The molecule has 2 radical (unpaired) electrons. The average Bonchev–Trinajstić information content (AvgIpc) is 3.25. The summed E-state index contributed by atoms with van der Waals surface area (Å²) in [6.07, 6.45) is 9.17. The Bertz CT molecular complexity index is 2140. The monoisotopic (exact) mass is 824 g/mol. The molecular weight excluding hydrogens is 773 g/mol. The van der Waals surface area contributed by atoms with Gasteiger partial charge in [0.2, 0.25) is 7.85 Å². The quantitative estimate of drug-likeness (QED) is 0.0787. The van der Waals surface area contributed by atoms with Crippen LogP contribution < -0.4 is 21.5 Å². The number of pyridine rings is 4. The van der Waals surface area contributed by atoms with Gasteiger partial charge in [0, 0.05) is 119 Å². The fraction of sp³-hybridized carbons (Fsp3) is 0.293. The summed E-state index contributed by atoms with van der Waals surface area (Å²) < 4.78 is 0. The van der Waals surface area contributed by atoms with Gasteiger partial charge in [-0.05, 0) is 97.6 Å². The number of piperazine rings is 2. The van der Waals surface area contributed by atoms with Crippen molar-refractivity contribution in [2.24, 2.45) is 0 Å². The van der Waals surface area contributed by atoms with Gasteiger partial charge in [-0.3, -0.25) is 29.2 Å². The van der Waals surface area contributed by atoms with Crippen molar-refractivity contribution in [1.82, 2.24) is 39.5 Å². The van der Waals surface area contributed by atoms with Crippen LogP contribution >= 0.6 is 0 Å². The molecule has 0 unspecified atom stereocenters. The van der Waals surface area contributed by atoms with Crippen molar-refractivity contribution >= 4 is 68.8 Å². The minimum Gasteiger partial charge on any atom is -0.433 e. The second-order valence-corrected chi connectivity index (χ2v) is 14.5. The molecule has 2 aliphatic heterocycles. The zero-order valence-corrected chi connectivity index (χ0v) is 34.5. The number of nitrogens with one attached hydrogen (secondary N) is 3. The molecule has 2 aliphatic rings. The van der Waals surface area contributed by atoms with E-state index in [1.165, 1.54) is 6.20 Å². The van der Waals surface area contributed by atoms with Gasteiger partial charge in [0.05, 0.1) is 0 Å². The lowest BCUT2D eigenvalue weighted by atomic mass is 9.89. The van der Waals surface area contributed by atoms with Crippen molar-refractivity contribution in [2.45, 2.75) is 26.7 Å². The molecule has 0 spiro atoms. The third-order valence-corrected chi connectivity index (χ3v) is 9.56. The van der Waals surface area contributed by atoms with E-state index in [1.807, 2.05) is 65.6 Å². The van der Waals surface area contributed by atoms with Crippen molar-refractivity contribution in [3.8, 4) is 0 Å². The number of benzene rings is 1. The molecule has 17 nitrogen and oxygen atoms in total. The molecule has 7 rings (SSSR count). The first-order valence-electron chi connectivity index (χ1n) is 20.0. The van der Waals surface area contributed by atoms with Crippen LogP contribution in [0, 0.1) is 0 Å². The molecule has 6 heterocycles. The summed E-state index contributed by atoms with van der Waals surface area (Å²) in [5.41, 5.74) is 11.2. The standard InChI is InChI=1S/C22H24N6O.C12H18B2N4O2.C7H9BN2O2/c23-21-15-17(5-10-25-21)16-27-11-13-28(14-12-27)22(29)18-1-3-19(4-2-18)26-20-6-8-24-9-7-20;1-14(20)16-11-8-10(2-3-15-11)9-17-4-6-18(7-5-17)12(13)19;1-8(12)10-7-4-6(5-11)2-3-9-7/h1-10,15H,11-14,16H2,(H2,23,25)(H,24,26);2-3,8,20H,4-7,9H2,1H3,(H,15,16);2-5,12H,1H3,(H,9,10). The SMILES string of the molecule is CB(O)Nc1cc(C=O)ccn1.Nc1cc(CN2CCN(C(=O)c3ccc(Nc4ccncc4)cc3)CC2)ccn1.[B]C(=O)N1CCN(Cc2ccnc(NB(C)O)c2)CC1. The summed E-state index contributed by atoms with van der Waals surface area (Å²) in [5, 5.41) is 27.0. The number of rotatable bonds is 12. The molecule has 2 amide bonds. The highest BCUT2D eigenvalue weighted by molar-refractivity contribution is 6.57. The van der Waals surface area contributed by atoms with E-state index in [2.05, 4.69) is 45.5 Å². The minimum atomic E-state index is -0.667. The van der Waals surface area contributed by atoms with Crippen LogP contribution in [0.1, 0.15) is 31.8 Å². The number of anilines is 5. The molecule has 4 aromatic heterocycles. The highest BCUT2D eigenvalue weighted by Gasteiger charge is 2.22. The number of aromatic nitrogens is 4. The number of hydrogen-bond acceptors (Lipinski definition) is 15. The maximum atomic E-state index is 12.8. The molecule has 0 atom stereocenters. The Labute approximate surface area is 358 Å². The highest BCUT2D eigenvalue weighted by Crippen LogP contribution is 2.19. The normalized spacial score (nSPS) is 14.0. The van der Waals surface area contributed by atoms with Gasteiger partial charge in [-0.1, -0.05) is 0 Å². The smallest absolute Gasteiger partial charge is 0.408 e. The molecule has 0 saturated carbocycles. The molecule has 0 bridgehead atoms. The van der Waals surface area contributed by atoms with Crippen LogP contribution in [0.4, 0.5) is 33.6 Å². The lowest BCUT2D eigenvalue weighted by Gasteiger charge is -2.34. The van der Waals surface area contributed by atoms with Gasteiger partial charge in [-0.15, -0.1) is 0 Å². The highest BCUT2D eigenvalue weighted by atomic mass is 16.2. The molecule has 20 heteroatoms. The van der Waals surface area contributed by atoms with E-state index in [4.69, 9.17) is 18.6 Å². The van der Waals surface area contributed by atoms with E-state index in [-0.39, 0.29) is 11.7 Å². The Kier molecular flexibility index (Phi) is 17.6. The molecule has 7 N–H and O–H groups in total. The number of carbonyl (C=O) groups is 3. The predicted molar refractivity (Wildman–Crippen MR) is 241 cm³/mol. The van der Waals surface area contributed by atoms with E-state index < -0.39 is 14.1 Å². The number of nitrogens with two attached hydrogens (primary N) is 1. The van der Waals surface area contributed by atoms with E-state index in [0.717, 1.165) is 81.1 Å². The zero-order valence-electron chi connectivity index (χ0n) is 34.5. The zero-order chi connectivity index (χ0) is 43.6. The van der Waals surface area contributed by atoms with Crippen LogP contribution in [0.2, 0.25) is 13.6 Å². The first kappa shape index (κ1) is 45.7. The number of aldehydes is 1. The Morgan fingerprint density at radius 3 is 1.74 bits per heavy atom. The van der Waals surface area contributed by atoms with Gasteiger partial charge in [0.1, 0.15) is 23.7 Å². The first-order valence-corrected chi connectivity index (χ1v) is 20.0. The third kappa shape index (κ3) is 15.7. The molecule has 1 aromatic carbocycles. The third-order valence-electron chi connectivity index (χ3n) is 9.56. The number of amides is 2. The van der Waals surface area contributed by atoms with Crippen LogP contribution in [-0.4, -0.2) is 142 Å². The van der Waals surface area contributed by atoms with Crippen molar-refractivity contribution in [3.63, 3.8) is 0 Å². The summed E-state index contributed by atoms with van der Waals surface area (Å²) in [6.45, 7) is 10.9. The molecule has 314 valence electrons. The van der Waals surface area contributed by atoms with E-state index in [1.54, 1.807) is 55.5 Å². The van der Waals surface area contributed by atoms with Crippen molar-refractivity contribution < 1.29 is 24.4 Å². The van der Waals surface area contributed by atoms with Crippen LogP contribution in [0.15, 0.2) is 104 Å². The molecular formula is C41H51B3N12O5. The van der Waals surface area contributed by atoms with Gasteiger partial charge < -0.3 is 41.4 Å². The molecule has 0 aliphatic carbocycles. The van der Waals surface area contributed by atoms with E-state index in [9.17, 15) is 19.4 Å². The average molecular weight is 824 g/mol. The van der Waals surface area contributed by atoms with E-state index >= 15 is 0 Å². The second-order valence-electron chi connectivity index (χ2n) is 14.5. The second kappa shape index (κ2) is 23.5. The lowest BCUT2D eigenvalue weighted by Crippen LogP contribution is -2.48. The van der Waals surface area contributed by atoms with Crippen molar-refractivity contribution in [2.75, 3.05) is 73.9 Å². The summed E-state index contributed by atoms with van der Waals surface area (Å²) in [4.78, 5) is 58.5. The number of hydrogen-bond donors (Lipinski definition) is 6. The van der Waals surface area contributed by atoms with Crippen molar-refractivity contribution in [1.29, 1.82) is 0 Å². The summed E-state index contributed by atoms with van der Waals surface area (Å²) in [7, 11) is 3.96. The molecule has 2 fully saturated rings. The Morgan fingerprint density at radius 1 is 0.689 bits per heavy atom. The summed E-state index contributed by atoms with van der Waals surface area (Å²) in [5.74, 6) is 1.42. The Hall–Kier alpha value is -6.34. The van der Waals surface area contributed by atoms with Gasteiger partial charge in [0.15, 0.2) is 5.81 Å². The topological polar surface area (TPSA) is 218 Å². The molecule has 5 aromatic rings. The molecule has 2 saturated heterocycles. The maximum Gasteiger partial charge on any atom is 0.408 e. The summed E-state index contributed by atoms with van der Waals surface area (Å²) in [6, 6.07) is 22.3. The number of nitrogens with zero attached hydrogens (tertiary/aromatic N) is 8. The van der Waals surface area contributed by atoms with E-state index in [0.29, 0.717) is 41.7 Å². The van der Waals surface area contributed by atoms with Crippen LogP contribution in [-0.2, 0) is 13.1 Å². The number of carbonyl (C=O) groups excluding carboxylic acids is 3. The van der Waals surface area contributed by atoms with Crippen molar-refractivity contribution in [3.05, 3.63) is 126 Å². The molecule has 61 heavy (non-hydrogen) atoms. The lowest BCUT2D eigenvalue weighted by molar-refractivity contribution is 0.0628. The van der Waals surface area contributed by atoms with Crippen LogP contribution in [0.5, 0.6) is 0 Å². The van der Waals surface area contributed by atoms with Gasteiger partial charge in [-0.2, -0.15) is 0 Å². The summed E-state index contributed by atoms with van der Waals surface area (Å²) >= 11 is 0. The number of nitrogen functional groups attached to an aromatic ring is 1. The fourth-order valence-corrected chi connectivity index (χ4v) is 6.50. The van der Waals surface area contributed by atoms with Crippen LogP contribution in [0.3, 0.4) is 0 Å². The fourth-order valence-electron chi connectivity index (χ4n) is 6.50. The Morgan fingerprint density at radius 2 is 1.20 bits per heavy atom. The maximum absolute atomic E-state index is 12.8. The largest absolute Gasteiger partial charge is 0.433 e.